The molecule has 0 aliphatic carbocycles. The lowest BCUT2D eigenvalue weighted by molar-refractivity contribution is -0.128. The van der Waals surface area contributed by atoms with Crippen LogP contribution in [-0.2, 0) is 23.0 Å². The molecular weight excluding hydrogens is 349 g/mol. The lowest BCUT2D eigenvalue weighted by Gasteiger charge is -2.35. The highest BCUT2D eigenvalue weighted by Gasteiger charge is 2.32. The number of halogens is 3. The average molecular weight is 370 g/mol. The number of aromatic nitrogens is 2. The highest BCUT2D eigenvalue weighted by Crippen LogP contribution is 2.21. The Kier molecular flexibility index (Phi) is 5.87. The van der Waals surface area contributed by atoms with Crippen LogP contribution in [-0.4, -0.2) is 65.9 Å². The van der Waals surface area contributed by atoms with Crippen LogP contribution in [0.5, 0.6) is 0 Å². The molecule has 2 heterocycles. The first-order valence-electron chi connectivity index (χ1n) is 7.67. The van der Waals surface area contributed by atoms with E-state index in [0.717, 1.165) is 0 Å². The fraction of sp³-hybridized carbons (Fsp3) is 0.846. The smallest absolute Gasteiger partial charge is 0.338 e. The number of alkyl halides is 3. The number of sulfonamides is 1. The first-order valence-corrected chi connectivity index (χ1v) is 9.28. The quantitative estimate of drug-likeness (QED) is 0.754. The van der Waals surface area contributed by atoms with Crippen molar-refractivity contribution in [2.75, 3.05) is 25.9 Å². The van der Waals surface area contributed by atoms with E-state index in [-0.39, 0.29) is 30.1 Å². The maximum absolute atomic E-state index is 12.3. The van der Waals surface area contributed by atoms with Gasteiger partial charge in [0.1, 0.15) is 6.42 Å². The zero-order chi connectivity index (χ0) is 18.0. The molecule has 1 aromatic heterocycles. The summed E-state index contributed by atoms with van der Waals surface area (Å²) in [4.78, 5) is 5.72. The van der Waals surface area contributed by atoms with E-state index in [0.29, 0.717) is 25.9 Å². The van der Waals surface area contributed by atoms with Crippen LogP contribution in [0.15, 0.2) is 4.52 Å². The summed E-state index contributed by atoms with van der Waals surface area (Å²) in [6.07, 6.45) is -4.27. The van der Waals surface area contributed by atoms with Crippen LogP contribution in [0, 0.1) is 0 Å². The Bertz CT molecular complexity index is 639. The summed E-state index contributed by atoms with van der Waals surface area (Å²) < 4.78 is 66.8. The summed E-state index contributed by atoms with van der Waals surface area (Å²) in [5, 5.41) is 3.33. The maximum Gasteiger partial charge on any atom is 0.396 e. The molecule has 0 aromatic carbocycles. The van der Waals surface area contributed by atoms with Gasteiger partial charge in [-0.15, -0.1) is 0 Å². The molecule has 11 heteroatoms. The van der Waals surface area contributed by atoms with E-state index in [4.69, 9.17) is 4.52 Å². The van der Waals surface area contributed by atoms with Gasteiger partial charge in [0.15, 0.2) is 5.82 Å². The van der Waals surface area contributed by atoms with Crippen molar-refractivity contribution in [3.8, 4) is 0 Å². The topological polar surface area (TPSA) is 79.5 Å². The number of hydrogen-bond acceptors (Lipinski definition) is 6. The Labute approximate surface area is 138 Å². The van der Waals surface area contributed by atoms with Crippen LogP contribution in [0.1, 0.15) is 31.5 Å². The second-order valence-electron chi connectivity index (χ2n) is 5.82. The van der Waals surface area contributed by atoms with Gasteiger partial charge in [-0.3, -0.25) is 4.90 Å². The number of hydrogen-bond donors (Lipinski definition) is 0. The molecule has 1 aliphatic rings. The van der Waals surface area contributed by atoms with Gasteiger partial charge < -0.3 is 4.52 Å². The fourth-order valence-corrected chi connectivity index (χ4v) is 3.74. The average Bonchev–Trinajstić information content (AvgIpc) is 2.92. The first-order chi connectivity index (χ1) is 11.1. The van der Waals surface area contributed by atoms with Crippen molar-refractivity contribution in [1.29, 1.82) is 0 Å². The van der Waals surface area contributed by atoms with Crippen LogP contribution >= 0.6 is 0 Å². The van der Waals surface area contributed by atoms with E-state index < -0.39 is 22.6 Å². The van der Waals surface area contributed by atoms with Crippen molar-refractivity contribution < 1.29 is 26.1 Å². The van der Waals surface area contributed by atoms with Crippen LogP contribution < -0.4 is 0 Å². The van der Waals surface area contributed by atoms with Crippen LogP contribution in [0.3, 0.4) is 0 Å². The van der Waals surface area contributed by atoms with Crippen LogP contribution in [0.25, 0.3) is 0 Å². The Morgan fingerprint density at radius 3 is 2.50 bits per heavy atom. The zero-order valence-electron chi connectivity index (χ0n) is 13.6. The van der Waals surface area contributed by atoms with Crippen molar-refractivity contribution in [3.05, 3.63) is 11.7 Å². The second-order valence-corrected chi connectivity index (χ2v) is 8.14. The minimum atomic E-state index is -4.37. The van der Waals surface area contributed by atoms with Gasteiger partial charge in [-0.2, -0.15) is 18.2 Å². The third-order valence-electron chi connectivity index (χ3n) is 4.10. The largest absolute Gasteiger partial charge is 0.396 e. The molecule has 1 saturated heterocycles. The minimum absolute atomic E-state index is 0.0605. The molecule has 7 nitrogen and oxygen atoms in total. The minimum Gasteiger partial charge on any atom is -0.338 e. The summed E-state index contributed by atoms with van der Waals surface area (Å²) in [7, 11) is -1.64. The molecule has 0 spiro atoms. The molecule has 0 saturated carbocycles. The summed E-state index contributed by atoms with van der Waals surface area (Å²) in [5.74, 6) is -0.170. The lowest BCUT2D eigenvalue weighted by Crippen LogP contribution is -2.45. The Hall–Kier alpha value is -1.20. The molecular formula is C13H21F3N4O3S. The monoisotopic (exact) mass is 370 g/mol. The van der Waals surface area contributed by atoms with Crippen molar-refractivity contribution in [2.45, 2.75) is 44.9 Å². The van der Waals surface area contributed by atoms with Gasteiger partial charge in [0, 0.05) is 26.2 Å². The molecule has 0 radical (unpaired) electrons. The molecule has 1 aromatic rings. The molecule has 1 fully saturated rings. The van der Waals surface area contributed by atoms with Gasteiger partial charge in [-0.05, 0) is 19.8 Å². The SMILES string of the molecule is CCS(=O)(=O)N(C)C1CCN(Cc2nc(CC(F)(F)F)no2)CC1. The molecule has 0 bridgehead atoms. The van der Waals surface area contributed by atoms with E-state index in [9.17, 15) is 21.6 Å². The molecule has 2 rings (SSSR count). The third-order valence-corrected chi connectivity index (χ3v) is 6.01. The normalized spacial score (nSPS) is 18.4. The highest BCUT2D eigenvalue weighted by atomic mass is 32.2. The van der Waals surface area contributed by atoms with E-state index in [1.54, 1.807) is 14.0 Å². The van der Waals surface area contributed by atoms with Crippen molar-refractivity contribution in [1.82, 2.24) is 19.3 Å². The van der Waals surface area contributed by atoms with Crippen LogP contribution in [0.2, 0.25) is 0 Å². The number of likely N-dealkylation sites (tertiary alicyclic amines) is 1. The van der Waals surface area contributed by atoms with Crippen molar-refractivity contribution >= 4 is 10.0 Å². The van der Waals surface area contributed by atoms with Gasteiger partial charge in [0.25, 0.3) is 0 Å². The highest BCUT2D eigenvalue weighted by molar-refractivity contribution is 7.89. The molecule has 0 amide bonds. The third kappa shape index (κ3) is 5.15. The van der Waals surface area contributed by atoms with Crippen LogP contribution in [0.4, 0.5) is 13.2 Å². The maximum atomic E-state index is 12.3. The van der Waals surface area contributed by atoms with Gasteiger partial charge in [0.2, 0.25) is 15.9 Å². The summed E-state index contributed by atoms with van der Waals surface area (Å²) in [6, 6.07) is -0.0605. The van der Waals surface area contributed by atoms with Gasteiger partial charge in [-0.25, -0.2) is 12.7 Å². The first kappa shape index (κ1) is 19.1. The molecule has 0 N–H and O–H groups in total. The lowest BCUT2D eigenvalue weighted by atomic mass is 10.1. The summed E-state index contributed by atoms with van der Waals surface area (Å²) >= 11 is 0. The Morgan fingerprint density at radius 1 is 1.33 bits per heavy atom. The summed E-state index contributed by atoms with van der Waals surface area (Å²) in [6.45, 7) is 3.10. The molecule has 0 atom stereocenters. The molecule has 138 valence electrons. The number of piperidine rings is 1. The van der Waals surface area contributed by atoms with E-state index in [2.05, 4.69) is 10.1 Å². The van der Waals surface area contributed by atoms with E-state index in [1.807, 2.05) is 4.90 Å². The summed E-state index contributed by atoms with van der Waals surface area (Å²) in [5.41, 5.74) is 0. The predicted molar refractivity (Wildman–Crippen MR) is 79.6 cm³/mol. The fourth-order valence-electron chi connectivity index (χ4n) is 2.67. The van der Waals surface area contributed by atoms with E-state index in [1.165, 1.54) is 4.31 Å². The van der Waals surface area contributed by atoms with Gasteiger partial charge >= 0.3 is 6.18 Å². The van der Waals surface area contributed by atoms with Gasteiger partial charge in [0.05, 0.1) is 12.3 Å². The van der Waals surface area contributed by atoms with E-state index >= 15 is 0 Å². The standard InChI is InChI=1S/C13H21F3N4O3S/c1-3-24(21,22)19(2)10-4-6-20(7-5-10)9-12-17-11(18-23-12)8-13(14,15)16/h10H,3-9H2,1-2H3. The molecule has 24 heavy (non-hydrogen) atoms. The Morgan fingerprint density at radius 2 is 1.96 bits per heavy atom. The zero-order valence-corrected chi connectivity index (χ0v) is 14.4. The Balaban J connectivity index is 1.85. The van der Waals surface area contributed by atoms with Crippen molar-refractivity contribution in [2.24, 2.45) is 0 Å². The van der Waals surface area contributed by atoms with Gasteiger partial charge in [-0.1, -0.05) is 5.16 Å². The predicted octanol–water partition coefficient (Wildman–Crippen LogP) is 1.42. The van der Waals surface area contributed by atoms with Crippen molar-refractivity contribution in [3.63, 3.8) is 0 Å². The number of nitrogens with zero attached hydrogens (tertiary/aromatic N) is 4. The number of rotatable bonds is 6. The molecule has 1 aliphatic heterocycles. The molecule has 0 unspecified atom stereocenters. The second kappa shape index (κ2) is 7.36.